The van der Waals surface area contributed by atoms with E-state index in [1.54, 1.807) is 38.4 Å². The fourth-order valence-corrected chi connectivity index (χ4v) is 1.74. The van der Waals surface area contributed by atoms with E-state index in [0.717, 1.165) is 5.56 Å². The summed E-state index contributed by atoms with van der Waals surface area (Å²) in [6.07, 6.45) is 0. The van der Waals surface area contributed by atoms with E-state index in [9.17, 15) is 4.79 Å². The lowest BCUT2D eigenvalue weighted by molar-refractivity contribution is 0.632. The van der Waals surface area contributed by atoms with Crippen molar-refractivity contribution in [3.05, 3.63) is 44.4 Å². The molecule has 0 unspecified atom stereocenters. The summed E-state index contributed by atoms with van der Waals surface area (Å²) in [5.74, 6) is 0. The van der Waals surface area contributed by atoms with Crippen molar-refractivity contribution in [1.29, 1.82) is 0 Å². The number of hydrogen-bond donors (Lipinski definition) is 0. The average Bonchev–Trinajstić information content (AvgIpc) is 2.32. The summed E-state index contributed by atoms with van der Waals surface area (Å²) in [5, 5.41) is 4.79. The van der Waals surface area contributed by atoms with Crippen molar-refractivity contribution < 1.29 is 0 Å². The molecule has 0 fully saturated rings. The second kappa shape index (κ2) is 4.43. The summed E-state index contributed by atoms with van der Waals surface area (Å²) in [6.45, 7) is 0. The van der Waals surface area contributed by atoms with Gasteiger partial charge < -0.3 is 0 Å². The van der Waals surface area contributed by atoms with Crippen LogP contribution in [0.1, 0.15) is 0 Å². The summed E-state index contributed by atoms with van der Waals surface area (Å²) < 4.78 is 3.28. The first-order valence-corrected chi connectivity index (χ1v) is 5.69. The Labute approximate surface area is 108 Å². The molecule has 0 spiro atoms. The summed E-state index contributed by atoms with van der Waals surface area (Å²) in [6, 6.07) is 6.96. The first kappa shape index (κ1) is 12.0. The van der Waals surface area contributed by atoms with Crippen LogP contribution < -0.4 is 5.56 Å². The number of rotatable bonds is 1. The molecule has 88 valence electrons. The molecule has 2 aromatic rings. The molecule has 6 heteroatoms. The van der Waals surface area contributed by atoms with Gasteiger partial charge in [0.2, 0.25) is 0 Å². The van der Waals surface area contributed by atoms with E-state index in [1.807, 2.05) is 0 Å². The van der Waals surface area contributed by atoms with E-state index in [0.29, 0.717) is 15.5 Å². The van der Waals surface area contributed by atoms with E-state index in [4.69, 9.17) is 23.8 Å². The van der Waals surface area contributed by atoms with Crippen LogP contribution in [0.5, 0.6) is 0 Å². The third-order valence-corrected chi connectivity index (χ3v) is 3.23. The van der Waals surface area contributed by atoms with Crippen LogP contribution in [0.4, 0.5) is 0 Å². The lowest BCUT2D eigenvalue weighted by Crippen LogP contribution is -2.25. The molecular weight excluding hydrogens is 258 g/mol. The zero-order chi connectivity index (χ0) is 12.6. The van der Waals surface area contributed by atoms with Gasteiger partial charge in [0.1, 0.15) is 0 Å². The number of halogens is 1. The maximum atomic E-state index is 12.0. The Bertz CT molecular complexity index is 673. The topological polar surface area (TPSA) is 39.8 Å². The minimum atomic E-state index is -0.213. The van der Waals surface area contributed by atoms with Crippen molar-refractivity contribution in [2.24, 2.45) is 14.1 Å². The van der Waals surface area contributed by atoms with E-state index >= 15 is 0 Å². The molecule has 0 saturated carbocycles. The first-order chi connectivity index (χ1) is 8.00. The van der Waals surface area contributed by atoms with Gasteiger partial charge in [0.05, 0.1) is 0 Å². The van der Waals surface area contributed by atoms with Crippen molar-refractivity contribution in [2.45, 2.75) is 0 Å². The van der Waals surface area contributed by atoms with Gasteiger partial charge in [0, 0.05) is 24.7 Å². The maximum absolute atomic E-state index is 12.0. The lowest BCUT2D eigenvalue weighted by atomic mass is 10.2. The highest BCUT2D eigenvalue weighted by molar-refractivity contribution is 7.71. The number of hydrogen-bond acceptors (Lipinski definition) is 3. The van der Waals surface area contributed by atoms with Crippen LogP contribution in [0.15, 0.2) is 29.1 Å². The normalized spacial score (nSPS) is 10.5. The molecule has 0 aliphatic heterocycles. The second-order valence-corrected chi connectivity index (χ2v) is 4.43. The summed E-state index contributed by atoms with van der Waals surface area (Å²) in [4.78, 5) is 12.0. The SMILES string of the molecule is Cn1nc(-c2ccc(Cl)cc2)c(=O)n(C)c1=S. The number of nitrogens with zero attached hydrogens (tertiary/aromatic N) is 3. The monoisotopic (exact) mass is 267 g/mol. The van der Waals surface area contributed by atoms with Gasteiger partial charge in [-0.25, -0.2) is 4.68 Å². The van der Waals surface area contributed by atoms with Crippen LogP contribution in [-0.4, -0.2) is 14.3 Å². The van der Waals surface area contributed by atoms with Gasteiger partial charge in [-0.05, 0) is 24.4 Å². The van der Waals surface area contributed by atoms with Crippen molar-refractivity contribution in [2.75, 3.05) is 0 Å². The van der Waals surface area contributed by atoms with Crippen LogP contribution in [-0.2, 0) is 14.1 Å². The van der Waals surface area contributed by atoms with E-state index in [1.165, 1.54) is 9.25 Å². The quantitative estimate of drug-likeness (QED) is 0.744. The standard InChI is InChI=1S/C11H10ClN3OS/c1-14-10(16)9(13-15(2)11(14)17)7-3-5-8(12)6-4-7/h3-6H,1-2H3. The maximum Gasteiger partial charge on any atom is 0.280 e. The highest BCUT2D eigenvalue weighted by Crippen LogP contribution is 2.16. The Morgan fingerprint density at radius 2 is 1.82 bits per heavy atom. The van der Waals surface area contributed by atoms with Crippen LogP contribution in [0.25, 0.3) is 11.3 Å². The molecule has 0 saturated heterocycles. The summed E-state index contributed by atoms with van der Waals surface area (Å²) in [7, 11) is 3.34. The third kappa shape index (κ3) is 2.16. The summed E-state index contributed by atoms with van der Waals surface area (Å²) in [5.41, 5.74) is 0.872. The van der Waals surface area contributed by atoms with Crippen LogP contribution in [0, 0.1) is 4.77 Å². The number of benzene rings is 1. The number of aryl methyl sites for hydroxylation is 1. The van der Waals surface area contributed by atoms with E-state index in [2.05, 4.69) is 5.10 Å². The molecule has 1 aromatic carbocycles. The lowest BCUT2D eigenvalue weighted by Gasteiger charge is -2.07. The van der Waals surface area contributed by atoms with Gasteiger partial charge in [0.15, 0.2) is 10.5 Å². The van der Waals surface area contributed by atoms with E-state index < -0.39 is 0 Å². The van der Waals surface area contributed by atoms with Gasteiger partial charge in [-0.3, -0.25) is 9.36 Å². The zero-order valence-corrected chi connectivity index (χ0v) is 10.9. The van der Waals surface area contributed by atoms with Crippen molar-refractivity contribution in [3.8, 4) is 11.3 Å². The predicted molar refractivity (Wildman–Crippen MR) is 69.7 cm³/mol. The minimum absolute atomic E-state index is 0.213. The first-order valence-electron chi connectivity index (χ1n) is 4.91. The Morgan fingerprint density at radius 3 is 2.41 bits per heavy atom. The molecule has 1 aromatic heterocycles. The average molecular weight is 268 g/mol. The fourth-order valence-electron chi connectivity index (χ4n) is 1.49. The highest BCUT2D eigenvalue weighted by Gasteiger charge is 2.08. The molecule has 1 heterocycles. The molecule has 0 bridgehead atoms. The highest BCUT2D eigenvalue weighted by atomic mass is 35.5. The minimum Gasteiger partial charge on any atom is -0.285 e. The second-order valence-electron chi connectivity index (χ2n) is 3.63. The third-order valence-electron chi connectivity index (χ3n) is 2.44. The van der Waals surface area contributed by atoms with Crippen LogP contribution >= 0.6 is 23.8 Å². The number of aromatic nitrogens is 3. The predicted octanol–water partition coefficient (Wildman–Crippen LogP) is 2.17. The molecule has 4 nitrogen and oxygen atoms in total. The Hall–Kier alpha value is -1.46. The Balaban J connectivity index is 2.73. The fraction of sp³-hybridized carbons (Fsp3) is 0.182. The van der Waals surface area contributed by atoms with Crippen molar-refractivity contribution >= 4 is 23.8 Å². The van der Waals surface area contributed by atoms with Gasteiger partial charge >= 0.3 is 0 Å². The van der Waals surface area contributed by atoms with E-state index in [-0.39, 0.29) is 5.56 Å². The smallest absolute Gasteiger partial charge is 0.280 e. The molecule has 2 rings (SSSR count). The van der Waals surface area contributed by atoms with Crippen molar-refractivity contribution in [3.63, 3.8) is 0 Å². The molecular formula is C11H10ClN3OS. The van der Waals surface area contributed by atoms with Crippen LogP contribution in [0.2, 0.25) is 5.02 Å². The van der Waals surface area contributed by atoms with Crippen molar-refractivity contribution in [1.82, 2.24) is 14.3 Å². The molecule has 0 amide bonds. The van der Waals surface area contributed by atoms with Crippen LogP contribution in [0.3, 0.4) is 0 Å². The van der Waals surface area contributed by atoms with Gasteiger partial charge in [0.25, 0.3) is 5.56 Å². The van der Waals surface area contributed by atoms with Gasteiger partial charge in [-0.15, -0.1) is 0 Å². The summed E-state index contributed by atoms with van der Waals surface area (Å²) >= 11 is 10.9. The van der Waals surface area contributed by atoms with Gasteiger partial charge in [-0.2, -0.15) is 5.10 Å². The Kier molecular flexibility index (Phi) is 3.13. The molecule has 0 aliphatic carbocycles. The molecule has 0 atom stereocenters. The molecule has 0 N–H and O–H groups in total. The molecule has 0 radical (unpaired) electrons. The Morgan fingerprint density at radius 1 is 1.24 bits per heavy atom. The zero-order valence-electron chi connectivity index (χ0n) is 9.35. The largest absolute Gasteiger partial charge is 0.285 e. The molecule has 17 heavy (non-hydrogen) atoms. The van der Waals surface area contributed by atoms with Gasteiger partial charge in [-0.1, -0.05) is 23.7 Å². The molecule has 0 aliphatic rings.